The van der Waals surface area contributed by atoms with Gasteiger partial charge in [-0.2, -0.15) is 0 Å². The molecule has 1 aromatic rings. The molecule has 2 unspecified atom stereocenters. The van der Waals surface area contributed by atoms with E-state index in [0.29, 0.717) is 5.69 Å². The summed E-state index contributed by atoms with van der Waals surface area (Å²) in [6.07, 6.45) is 0. The van der Waals surface area contributed by atoms with Gasteiger partial charge in [-0.3, -0.25) is 0 Å². The number of rotatable bonds is 10. The van der Waals surface area contributed by atoms with E-state index in [1.165, 1.54) is 4.90 Å². The van der Waals surface area contributed by atoms with Crippen molar-refractivity contribution < 1.29 is 38.9 Å². The molecule has 1 fully saturated rings. The van der Waals surface area contributed by atoms with Crippen LogP contribution in [0.2, 0.25) is 9.91 Å². The van der Waals surface area contributed by atoms with Crippen molar-refractivity contribution in [1.29, 1.82) is 0 Å². The van der Waals surface area contributed by atoms with Gasteiger partial charge < -0.3 is 0 Å². The van der Waals surface area contributed by atoms with E-state index in [9.17, 15) is 25.3 Å². The third kappa shape index (κ3) is 8.46. The number of benzene rings is 1. The summed E-state index contributed by atoms with van der Waals surface area (Å²) in [5, 5.41) is 0.765. The zero-order valence-corrected chi connectivity index (χ0v) is 18.4. The molecule has 1 aliphatic heterocycles. The predicted octanol–water partition coefficient (Wildman–Crippen LogP) is -0.758. The standard InChI is InChI=1S/C13H20AsNO9S3/c16-25(17,18)7-5-15(6-8-26(19,20)21)13-3-1-11(2-4-13)14-9-12(14)10-27(22,23)24/h1-4,12H,5-10H2,(H,16,17,18)(H,19,20,21)(H,22,23,24). The first kappa shape index (κ1) is 22.6. The van der Waals surface area contributed by atoms with Crippen molar-refractivity contribution in [1.82, 2.24) is 0 Å². The second kappa shape index (κ2) is 8.35. The van der Waals surface area contributed by atoms with E-state index < -0.39 is 56.5 Å². The summed E-state index contributed by atoms with van der Waals surface area (Å²) in [7, 11) is -12.5. The van der Waals surface area contributed by atoms with E-state index in [4.69, 9.17) is 13.7 Å². The van der Waals surface area contributed by atoms with Gasteiger partial charge in [0.2, 0.25) is 0 Å². The second-order valence-corrected chi connectivity index (χ2v) is 16.1. The van der Waals surface area contributed by atoms with Gasteiger partial charge in [-0.25, -0.2) is 0 Å². The SMILES string of the molecule is O=S(=O)(O)CCN(CCS(=O)(=O)O)c1ccc([As]2CC2CS(=O)(=O)O)cc1. The molecule has 2 atom stereocenters. The molecule has 0 aliphatic carbocycles. The molecule has 0 saturated carbocycles. The third-order valence-corrected chi connectivity index (χ3v) is 12.1. The van der Waals surface area contributed by atoms with Gasteiger partial charge in [0.25, 0.3) is 0 Å². The van der Waals surface area contributed by atoms with Gasteiger partial charge >= 0.3 is 163 Å². The van der Waals surface area contributed by atoms with Crippen LogP contribution >= 0.6 is 0 Å². The van der Waals surface area contributed by atoms with Crippen molar-refractivity contribution in [2.24, 2.45) is 0 Å². The summed E-state index contributed by atoms with van der Waals surface area (Å²) in [6, 6.07) is 6.85. The summed E-state index contributed by atoms with van der Waals surface area (Å²) < 4.78 is 93.4. The molecule has 0 spiro atoms. The van der Waals surface area contributed by atoms with E-state index in [1.54, 1.807) is 24.3 Å². The van der Waals surface area contributed by atoms with Crippen molar-refractivity contribution in [2.45, 2.75) is 9.91 Å². The molecule has 0 amide bonds. The van der Waals surface area contributed by atoms with E-state index >= 15 is 0 Å². The molecule has 2 rings (SSSR count). The van der Waals surface area contributed by atoms with E-state index in [2.05, 4.69) is 0 Å². The summed E-state index contributed by atoms with van der Waals surface area (Å²) in [6.45, 7) is -0.332. The zero-order chi connectivity index (χ0) is 20.5. The minimum absolute atomic E-state index is 0.0199. The van der Waals surface area contributed by atoms with Gasteiger partial charge in [0.15, 0.2) is 0 Å². The van der Waals surface area contributed by atoms with Gasteiger partial charge in [-0.1, -0.05) is 0 Å². The number of nitrogens with zero attached hydrogens (tertiary/aromatic N) is 1. The fourth-order valence-electron chi connectivity index (χ4n) is 2.56. The molecular formula is C13H20AsNO9S3. The Morgan fingerprint density at radius 2 is 1.33 bits per heavy atom. The van der Waals surface area contributed by atoms with Crippen LogP contribution in [0.15, 0.2) is 24.3 Å². The average molecular weight is 505 g/mol. The summed E-state index contributed by atoms with van der Waals surface area (Å²) in [5.74, 6) is -1.45. The molecular weight excluding hydrogens is 485 g/mol. The fraction of sp³-hybridized carbons (Fsp3) is 0.538. The second-order valence-electron chi connectivity index (χ2n) is 6.13. The molecule has 0 bridgehead atoms. The molecule has 154 valence electrons. The molecule has 1 heterocycles. The van der Waals surface area contributed by atoms with Crippen LogP contribution in [0.3, 0.4) is 0 Å². The Bertz CT molecular complexity index is 938. The monoisotopic (exact) mass is 505 g/mol. The maximum atomic E-state index is 11.0. The fourth-order valence-corrected chi connectivity index (χ4v) is 11.3. The molecule has 1 saturated heterocycles. The topological polar surface area (TPSA) is 166 Å². The van der Waals surface area contributed by atoms with Crippen molar-refractivity contribution in [3.8, 4) is 0 Å². The average Bonchev–Trinajstić information content (AvgIpc) is 3.22. The number of hydrogen-bond acceptors (Lipinski definition) is 7. The van der Waals surface area contributed by atoms with E-state index in [-0.39, 0.29) is 23.5 Å². The summed E-state index contributed by atoms with van der Waals surface area (Å²) in [5.41, 5.74) is 0.508. The van der Waals surface area contributed by atoms with Gasteiger partial charge in [0, 0.05) is 0 Å². The van der Waals surface area contributed by atoms with Crippen LogP contribution in [-0.4, -0.2) is 83.9 Å². The Balaban J connectivity index is 2.09. The van der Waals surface area contributed by atoms with Crippen molar-refractivity contribution in [3.63, 3.8) is 0 Å². The first-order chi connectivity index (χ1) is 12.2. The van der Waals surface area contributed by atoms with Crippen molar-refractivity contribution in [3.05, 3.63) is 24.3 Å². The van der Waals surface area contributed by atoms with Crippen LogP contribution < -0.4 is 9.25 Å². The molecule has 0 aromatic heterocycles. The van der Waals surface area contributed by atoms with Gasteiger partial charge in [0.1, 0.15) is 0 Å². The van der Waals surface area contributed by atoms with Gasteiger partial charge in [0.05, 0.1) is 0 Å². The predicted molar refractivity (Wildman–Crippen MR) is 102 cm³/mol. The van der Waals surface area contributed by atoms with Crippen LogP contribution in [0.5, 0.6) is 0 Å². The maximum absolute atomic E-state index is 11.0. The zero-order valence-electron chi connectivity index (χ0n) is 14.0. The molecule has 10 nitrogen and oxygen atoms in total. The first-order valence-corrected chi connectivity index (χ1v) is 15.9. The quantitative estimate of drug-likeness (QED) is 0.272. The normalized spacial score (nSPS) is 20.4. The number of anilines is 1. The molecule has 27 heavy (non-hydrogen) atoms. The van der Waals surface area contributed by atoms with Crippen LogP contribution in [0, 0.1) is 0 Å². The van der Waals surface area contributed by atoms with E-state index in [0.717, 1.165) is 9.56 Å². The Kier molecular flexibility index (Phi) is 6.99. The van der Waals surface area contributed by atoms with Gasteiger partial charge in [-0.05, 0) is 0 Å². The minimum atomic E-state index is -4.24. The molecule has 1 aliphatic rings. The summed E-state index contributed by atoms with van der Waals surface area (Å²) in [4.78, 5) is 1.41. The van der Waals surface area contributed by atoms with Gasteiger partial charge in [-0.15, -0.1) is 0 Å². The third-order valence-electron chi connectivity index (χ3n) is 3.90. The Labute approximate surface area is 163 Å². The Morgan fingerprint density at radius 3 is 1.74 bits per heavy atom. The van der Waals surface area contributed by atoms with Crippen LogP contribution in [0.25, 0.3) is 0 Å². The van der Waals surface area contributed by atoms with Crippen LogP contribution in [-0.2, 0) is 30.4 Å². The Hall–Kier alpha value is -0.692. The molecule has 3 N–H and O–H groups in total. The molecule has 1 aromatic carbocycles. The van der Waals surface area contributed by atoms with Crippen molar-refractivity contribution >= 4 is 55.0 Å². The van der Waals surface area contributed by atoms with E-state index in [1.807, 2.05) is 0 Å². The molecule has 14 heteroatoms. The Morgan fingerprint density at radius 1 is 0.852 bits per heavy atom. The molecule has 0 radical (unpaired) electrons. The first-order valence-electron chi connectivity index (χ1n) is 7.71. The number of hydrogen-bond donors (Lipinski definition) is 3. The van der Waals surface area contributed by atoms with Crippen LogP contribution in [0.1, 0.15) is 0 Å². The summed E-state index contributed by atoms with van der Waals surface area (Å²) >= 11 is -1.53. The van der Waals surface area contributed by atoms with Crippen LogP contribution in [0.4, 0.5) is 5.69 Å². The van der Waals surface area contributed by atoms with Crippen molar-refractivity contribution in [2.75, 3.05) is 35.2 Å².